The summed E-state index contributed by atoms with van der Waals surface area (Å²) in [6.07, 6.45) is 0. The molecule has 118 valence electrons. The van der Waals surface area contributed by atoms with Crippen LogP contribution in [0.25, 0.3) is 0 Å². The number of benzene rings is 1. The number of carboxylic acid groups (broad SMARTS) is 1. The highest BCUT2D eigenvalue weighted by atomic mass is 79.9. The molecule has 1 unspecified atom stereocenters. The summed E-state index contributed by atoms with van der Waals surface area (Å²) in [4.78, 5) is 10.9. The van der Waals surface area contributed by atoms with Crippen molar-refractivity contribution in [1.29, 1.82) is 0 Å². The summed E-state index contributed by atoms with van der Waals surface area (Å²) < 4.78 is 38.5. The topological polar surface area (TPSA) is 101 Å². The Morgan fingerprint density at radius 1 is 1.43 bits per heavy atom. The molecule has 1 aromatic rings. The van der Waals surface area contributed by atoms with Gasteiger partial charge in [0, 0.05) is 33.3 Å². The molecule has 0 heterocycles. The normalized spacial score (nSPS) is 13.1. The Hall–Kier alpha value is -0.770. The predicted molar refractivity (Wildman–Crippen MR) is 84.6 cm³/mol. The van der Waals surface area contributed by atoms with Crippen molar-refractivity contribution in [1.82, 2.24) is 4.72 Å². The molecule has 0 fully saturated rings. The molecule has 21 heavy (non-hydrogen) atoms. The van der Waals surface area contributed by atoms with E-state index in [9.17, 15) is 17.4 Å². The molecule has 0 saturated heterocycles. The maximum Gasteiger partial charge on any atom is 0.335 e. The molecule has 0 aliphatic heterocycles. The van der Waals surface area contributed by atoms with Gasteiger partial charge in [0.25, 0.3) is 0 Å². The molecule has 9 heteroatoms. The number of rotatable bonds is 7. The van der Waals surface area contributed by atoms with Crippen LogP contribution < -0.4 is 4.72 Å². The Bertz CT molecular complexity index is 672. The molecule has 0 aromatic heterocycles. The largest absolute Gasteiger partial charge is 0.478 e. The summed E-state index contributed by atoms with van der Waals surface area (Å²) in [5.74, 6) is -0.533. The van der Waals surface area contributed by atoms with Crippen LogP contribution in [0.15, 0.2) is 21.5 Å². The molecule has 0 radical (unpaired) electrons. The second-order valence-electron chi connectivity index (χ2n) is 4.22. The fraction of sp³-hybridized carbons (Fsp3) is 0.417. The molecule has 0 amide bonds. The zero-order chi connectivity index (χ0) is 16.2. The van der Waals surface area contributed by atoms with Gasteiger partial charge in [-0.05, 0) is 24.6 Å². The first-order valence-electron chi connectivity index (χ1n) is 6.07. The van der Waals surface area contributed by atoms with Crippen molar-refractivity contribution >= 4 is 42.7 Å². The van der Waals surface area contributed by atoms with E-state index in [1.54, 1.807) is 13.8 Å². The summed E-state index contributed by atoms with van der Waals surface area (Å²) in [6.45, 7) is 3.37. The zero-order valence-corrected chi connectivity index (χ0v) is 14.8. The third kappa shape index (κ3) is 4.87. The van der Waals surface area contributed by atoms with Crippen LogP contribution in [-0.4, -0.2) is 41.8 Å². The van der Waals surface area contributed by atoms with Crippen LogP contribution in [0, 0.1) is 6.92 Å². The average Bonchev–Trinajstić information content (AvgIpc) is 2.40. The number of sulfonamides is 1. The van der Waals surface area contributed by atoms with Crippen LogP contribution in [0.4, 0.5) is 0 Å². The molecular weight excluding hydrogens is 382 g/mol. The summed E-state index contributed by atoms with van der Waals surface area (Å²) in [5.41, 5.74) is 0.300. The number of carbonyl (C=O) groups is 1. The fourth-order valence-corrected chi connectivity index (χ4v) is 4.23. The molecule has 2 N–H and O–H groups in total. The number of carboxylic acids is 1. The van der Waals surface area contributed by atoms with Crippen LogP contribution >= 0.6 is 15.9 Å². The van der Waals surface area contributed by atoms with Crippen molar-refractivity contribution in [2.75, 3.05) is 18.1 Å². The molecule has 0 saturated carbocycles. The standard InChI is InChI=1S/C12H16BrNO5S2/c1-3-20(17)5-4-14-21(18,19)11-7-9(12(15)16)6-10(13)8(11)2/h6-7,14H,3-5H2,1-2H3,(H,15,16). The Kier molecular flexibility index (Phi) is 6.51. The summed E-state index contributed by atoms with van der Waals surface area (Å²) in [7, 11) is -4.92. The summed E-state index contributed by atoms with van der Waals surface area (Å²) in [5, 5.41) is 8.99. The van der Waals surface area contributed by atoms with Crippen LogP contribution in [-0.2, 0) is 20.8 Å². The lowest BCUT2D eigenvalue weighted by Gasteiger charge is -2.11. The van der Waals surface area contributed by atoms with Gasteiger partial charge in [-0.1, -0.05) is 22.9 Å². The SMILES string of the molecule is CCS(=O)CCNS(=O)(=O)c1cc(C(=O)O)cc(Br)c1C. The Morgan fingerprint density at radius 3 is 2.57 bits per heavy atom. The maximum absolute atomic E-state index is 12.2. The first-order valence-corrected chi connectivity index (χ1v) is 9.83. The Morgan fingerprint density at radius 2 is 2.05 bits per heavy atom. The van der Waals surface area contributed by atoms with Crippen molar-refractivity contribution < 1.29 is 22.5 Å². The van der Waals surface area contributed by atoms with E-state index in [-0.39, 0.29) is 22.8 Å². The molecule has 6 nitrogen and oxygen atoms in total. The van der Waals surface area contributed by atoms with Gasteiger partial charge in [0.1, 0.15) is 0 Å². The third-order valence-corrected chi connectivity index (χ3v) is 6.49. The second-order valence-corrected chi connectivity index (χ2v) is 8.67. The van der Waals surface area contributed by atoms with E-state index < -0.39 is 26.8 Å². The molecule has 1 atom stereocenters. The minimum atomic E-state index is -3.85. The van der Waals surface area contributed by atoms with Crippen LogP contribution in [0.3, 0.4) is 0 Å². The van der Waals surface area contributed by atoms with Gasteiger partial charge in [-0.15, -0.1) is 0 Å². The Labute approximate surface area is 134 Å². The maximum atomic E-state index is 12.2. The highest BCUT2D eigenvalue weighted by Gasteiger charge is 2.21. The van der Waals surface area contributed by atoms with Crippen molar-refractivity contribution in [3.8, 4) is 0 Å². The van der Waals surface area contributed by atoms with Crippen LogP contribution in [0.1, 0.15) is 22.8 Å². The Balaban J connectivity index is 3.07. The molecule has 0 aliphatic rings. The molecule has 0 bridgehead atoms. The number of nitrogens with one attached hydrogen (secondary N) is 1. The first-order chi connectivity index (χ1) is 9.69. The highest BCUT2D eigenvalue weighted by molar-refractivity contribution is 9.10. The number of halogens is 1. The van der Waals surface area contributed by atoms with Gasteiger partial charge in [-0.25, -0.2) is 17.9 Å². The zero-order valence-electron chi connectivity index (χ0n) is 11.6. The quantitative estimate of drug-likeness (QED) is 0.725. The van der Waals surface area contributed by atoms with Crippen molar-refractivity contribution in [2.24, 2.45) is 0 Å². The highest BCUT2D eigenvalue weighted by Crippen LogP contribution is 2.25. The van der Waals surface area contributed by atoms with Crippen LogP contribution in [0.2, 0.25) is 0 Å². The minimum absolute atomic E-state index is 0.0388. The van der Waals surface area contributed by atoms with E-state index >= 15 is 0 Å². The number of aromatic carboxylic acids is 1. The van der Waals surface area contributed by atoms with Gasteiger partial charge in [0.2, 0.25) is 10.0 Å². The van der Waals surface area contributed by atoms with Gasteiger partial charge in [-0.2, -0.15) is 0 Å². The monoisotopic (exact) mass is 397 g/mol. The lowest BCUT2D eigenvalue weighted by molar-refractivity contribution is 0.0696. The summed E-state index contributed by atoms with van der Waals surface area (Å²) >= 11 is 3.16. The molecule has 0 spiro atoms. The molecular formula is C12H16BrNO5S2. The van der Waals surface area contributed by atoms with E-state index in [4.69, 9.17) is 5.11 Å². The van der Waals surface area contributed by atoms with Crippen molar-refractivity contribution in [2.45, 2.75) is 18.7 Å². The van der Waals surface area contributed by atoms with E-state index in [0.29, 0.717) is 15.8 Å². The summed E-state index contributed by atoms with van der Waals surface area (Å²) in [6, 6.07) is 2.46. The lowest BCUT2D eigenvalue weighted by atomic mass is 10.1. The van der Waals surface area contributed by atoms with Crippen molar-refractivity contribution in [3.63, 3.8) is 0 Å². The van der Waals surface area contributed by atoms with E-state index in [0.717, 1.165) is 6.07 Å². The lowest BCUT2D eigenvalue weighted by Crippen LogP contribution is -2.29. The molecule has 0 aliphatic carbocycles. The van der Waals surface area contributed by atoms with E-state index in [1.165, 1.54) is 6.07 Å². The number of hydrogen-bond acceptors (Lipinski definition) is 4. The van der Waals surface area contributed by atoms with Gasteiger partial charge in [0.15, 0.2) is 0 Å². The third-order valence-electron chi connectivity index (χ3n) is 2.78. The minimum Gasteiger partial charge on any atom is -0.478 e. The smallest absolute Gasteiger partial charge is 0.335 e. The van der Waals surface area contributed by atoms with Gasteiger partial charge in [0.05, 0.1) is 10.5 Å². The number of hydrogen-bond donors (Lipinski definition) is 2. The van der Waals surface area contributed by atoms with Gasteiger partial charge in [-0.3, -0.25) is 4.21 Å². The first kappa shape index (κ1) is 18.3. The van der Waals surface area contributed by atoms with Crippen LogP contribution in [0.5, 0.6) is 0 Å². The molecule has 1 rings (SSSR count). The second kappa shape index (κ2) is 7.48. The van der Waals surface area contributed by atoms with Gasteiger partial charge >= 0.3 is 5.97 Å². The van der Waals surface area contributed by atoms with Crippen molar-refractivity contribution in [3.05, 3.63) is 27.7 Å². The fourth-order valence-electron chi connectivity index (χ4n) is 1.57. The predicted octanol–water partition coefficient (Wildman–Crippen LogP) is 1.50. The molecule has 1 aromatic carbocycles. The van der Waals surface area contributed by atoms with E-state index in [1.807, 2.05) is 0 Å². The van der Waals surface area contributed by atoms with Gasteiger partial charge < -0.3 is 5.11 Å². The van der Waals surface area contributed by atoms with E-state index in [2.05, 4.69) is 20.7 Å². The average molecular weight is 398 g/mol.